The van der Waals surface area contributed by atoms with Gasteiger partial charge in [0.15, 0.2) is 11.6 Å². The van der Waals surface area contributed by atoms with Gasteiger partial charge in [-0.1, -0.05) is 18.2 Å². The second kappa shape index (κ2) is 9.67. The molecule has 1 atom stereocenters. The third-order valence-corrected chi connectivity index (χ3v) is 6.36. The van der Waals surface area contributed by atoms with Gasteiger partial charge in [0.25, 0.3) is 0 Å². The lowest BCUT2D eigenvalue weighted by Crippen LogP contribution is -2.55. The molecule has 2 saturated heterocycles. The first kappa shape index (κ1) is 20.9. The molecule has 0 amide bonds. The number of nitrogens with zero attached hydrogens (tertiary/aromatic N) is 3. The normalized spacial score (nSPS) is 20.9. The van der Waals surface area contributed by atoms with Crippen molar-refractivity contribution in [2.24, 2.45) is 0 Å². The molecule has 2 heterocycles. The Morgan fingerprint density at radius 1 is 0.933 bits per heavy atom. The van der Waals surface area contributed by atoms with Gasteiger partial charge in [-0.05, 0) is 49.2 Å². The fraction of sp³-hybridized carbons (Fsp3) is 0.500. The molecule has 0 N–H and O–H groups in total. The van der Waals surface area contributed by atoms with Gasteiger partial charge in [0, 0.05) is 45.3 Å². The molecule has 0 unspecified atom stereocenters. The van der Waals surface area contributed by atoms with E-state index in [9.17, 15) is 4.39 Å². The van der Waals surface area contributed by atoms with E-state index < -0.39 is 0 Å². The molecular weight excluding hydrogens is 381 g/mol. The summed E-state index contributed by atoms with van der Waals surface area (Å²) in [5, 5.41) is 0. The van der Waals surface area contributed by atoms with Crippen LogP contribution in [0.3, 0.4) is 0 Å². The van der Waals surface area contributed by atoms with E-state index in [1.807, 2.05) is 24.3 Å². The van der Waals surface area contributed by atoms with Crippen LogP contribution in [-0.2, 0) is 6.54 Å². The molecule has 2 aromatic carbocycles. The quantitative estimate of drug-likeness (QED) is 0.721. The Bertz CT molecular complexity index is 839. The minimum absolute atomic E-state index is 0.300. The number of halogens is 1. The van der Waals surface area contributed by atoms with Gasteiger partial charge in [0.05, 0.1) is 19.9 Å². The highest BCUT2D eigenvalue weighted by Gasteiger charge is 2.28. The van der Waals surface area contributed by atoms with E-state index in [1.54, 1.807) is 7.11 Å². The van der Waals surface area contributed by atoms with Gasteiger partial charge in [0.2, 0.25) is 0 Å². The summed E-state index contributed by atoms with van der Waals surface area (Å²) < 4.78 is 24.4. The minimum atomic E-state index is -0.300. The lowest BCUT2D eigenvalue weighted by molar-refractivity contribution is 0.0886. The van der Waals surface area contributed by atoms with Gasteiger partial charge in [-0.2, -0.15) is 0 Å². The monoisotopic (exact) mass is 413 g/mol. The Kier molecular flexibility index (Phi) is 6.75. The van der Waals surface area contributed by atoms with Crippen LogP contribution in [0.5, 0.6) is 11.5 Å². The van der Waals surface area contributed by atoms with Crippen molar-refractivity contribution in [2.45, 2.75) is 25.4 Å². The molecule has 162 valence electrons. The zero-order valence-corrected chi connectivity index (χ0v) is 18.0. The fourth-order valence-electron chi connectivity index (χ4n) is 4.75. The van der Waals surface area contributed by atoms with E-state index >= 15 is 0 Å². The van der Waals surface area contributed by atoms with Gasteiger partial charge in [-0.15, -0.1) is 0 Å². The highest BCUT2D eigenvalue weighted by Crippen LogP contribution is 2.29. The van der Waals surface area contributed by atoms with Crippen molar-refractivity contribution in [1.29, 1.82) is 0 Å². The first-order chi connectivity index (χ1) is 14.7. The first-order valence-electron chi connectivity index (χ1n) is 10.8. The van der Waals surface area contributed by atoms with Crippen LogP contribution in [0.25, 0.3) is 0 Å². The Labute approximate surface area is 179 Å². The van der Waals surface area contributed by atoms with Crippen molar-refractivity contribution in [3.63, 3.8) is 0 Å². The molecule has 5 nitrogen and oxygen atoms in total. The van der Waals surface area contributed by atoms with Crippen LogP contribution in [0, 0.1) is 5.82 Å². The number of likely N-dealkylation sites (tertiary alicyclic amines) is 1. The van der Waals surface area contributed by atoms with E-state index in [2.05, 4.69) is 26.8 Å². The summed E-state index contributed by atoms with van der Waals surface area (Å²) in [4.78, 5) is 7.57. The van der Waals surface area contributed by atoms with Crippen LogP contribution in [0.4, 0.5) is 10.1 Å². The van der Waals surface area contributed by atoms with E-state index in [0.717, 1.165) is 57.1 Å². The molecule has 2 fully saturated rings. The average Bonchev–Trinajstić information content (AvgIpc) is 2.80. The van der Waals surface area contributed by atoms with E-state index in [-0.39, 0.29) is 5.82 Å². The summed E-state index contributed by atoms with van der Waals surface area (Å²) in [5.41, 5.74) is 2.30. The Morgan fingerprint density at radius 2 is 1.70 bits per heavy atom. The lowest BCUT2D eigenvalue weighted by Gasteiger charge is -2.44. The number of hydrogen-bond acceptors (Lipinski definition) is 5. The van der Waals surface area contributed by atoms with Gasteiger partial charge in [0.1, 0.15) is 5.75 Å². The Hall–Kier alpha value is -2.31. The standard InChI is InChI=1S/C24H32FN3O2/c1-29-23-8-4-3-7-22(23)28-14-12-27(13-15-28)20-6-5-11-26(18-20)17-19-9-10-21(25)24(16-19)30-2/h3-4,7-10,16,20H,5-6,11-15,17-18H2,1-2H3/t20-/m1/s1. The van der Waals surface area contributed by atoms with Crippen LogP contribution in [0.2, 0.25) is 0 Å². The highest BCUT2D eigenvalue weighted by atomic mass is 19.1. The average molecular weight is 414 g/mol. The van der Waals surface area contributed by atoms with Gasteiger partial charge in [-0.25, -0.2) is 4.39 Å². The van der Waals surface area contributed by atoms with Crippen LogP contribution in [-0.4, -0.2) is 69.3 Å². The number of methoxy groups -OCH3 is 2. The molecule has 0 bridgehead atoms. The number of para-hydroxylation sites is 2. The summed E-state index contributed by atoms with van der Waals surface area (Å²) in [6, 6.07) is 14.1. The summed E-state index contributed by atoms with van der Waals surface area (Å²) in [6.07, 6.45) is 2.45. The van der Waals surface area contributed by atoms with E-state index in [0.29, 0.717) is 11.8 Å². The van der Waals surface area contributed by atoms with Crippen molar-refractivity contribution in [2.75, 3.05) is 58.4 Å². The highest BCUT2D eigenvalue weighted by molar-refractivity contribution is 5.58. The molecule has 2 aromatic rings. The topological polar surface area (TPSA) is 28.2 Å². The smallest absolute Gasteiger partial charge is 0.165 e. The molecule has 30 heavy (non-hydrogen) atoms. The number of rotatable bonds is 6. The van der Waals surface area contributed by atoms with E-state index in [4.69, 9.17) is 9.47 Å². The zero-order valence-electron chi connectivity index (χ0n) is 18.0. The summed E-state index contributed by atoms with van der Waals surface area (Å²) in [7, 11) is 3.26. The molecule has 2 aliphatic rings. The van der Waals surface area contributed by atoms with Crippen LogP contribution in [0.15, 0.2) is 42.5 Å². The third-order valence-electron chi connectivity index (χ3n) is 6.36. The van der Waals surface area contributed by atoms with Crippen molar-refractivity contribution >= 4 is 5.69 Å². The maximum atomic E-state index is 13.7. The van der Waals surface area contributed by atoms with Gasteiger partial charge >= 0.3 is 0 Å². The molecule has 0 spiro atoms. The number of piperidine rings is 1. The molecule has 4 rings (SSSR count). The first-order valence-corrected chi connectivity index (χ1v) is 10.8. The number of anilines is 1. The Balaban J connectivity index is 1.33. The second-order valence-corrected chi connectivity index (χ2v) is 8.19. The predicted molar refractivity (Wildman–Crippen MR) is 118 cm³/mol. The molecule has 2 aliphatic heterocycles. The summed E-state index contributed by atoms with van der Waals surface area (Å²) in [6.45, 7) is 7.18. The molecule has 0 aliphatic carbocycles. The molecule has 6 heteroatoms. The van der Waals surface area contributed by atoms with Crippen molar-refractivity contribution in [3.05, 3.63) is 53.8 Å². The predicted octanol–water partition coefficient (Wildman–Crippen LogP) is 3.63. The van der Waals surface area contributed by atoms with Crippen molar-refractivity contribution in [1.82, 2.24) is 9.80 Å². The molecule has 0 radical (unpaired) electrons. The van der Waals surface area contributed by atoms with Crippen LogP contribution in [0.1, 0.15) is 18.4 Å². The van der Waals surface area contributed by atoms with Crippen molar-refractivity contribution in [3.8, 4) is 11.5 Å². The molecule has 0 aromatic heterocycles. The SMILES string of the molecule is COc1cc(CN2CCC[C@@H](N3CCN(c4ccccc4OC)CC3)C2)ccc1F. The molecule has 0 saturated carbocycles. The second-order valence-electron chi connectivity index (χ2n) is 8.19. The number of benzene rings is 2. The molecular formula is C24H32FN3O2. The number of hydrogen-bond donors (Lipinski definition) is 0. The maximum Gasteiger partial charge on any atom is 0.165 e. The summed E-state index contributed by atoms with van der Waals surface area (Å²) >= 11 is 0. The van der Waals surface area contributed by atoms with Crippen molar-refractivity contribution < 1.29 is 13.9 Å². The van der Waals surface area contributed by atoms with Crippen LogP contribution >= 0.6 is 0 Å². The van der Waals surface area contributed by atoms with E-state index in [1.165, 1.54) is 31.7 Å². The van der Waals surface area contributed by atoms with Gasteiger partial charge < -0.3 is 14.4 Å². The third kappa shape index (κ3) is 4.71. The zero-order chi connectivity index (χ0) is 20.9. The van der Waals surface area contributed by atoms with Crippen LogP contribution < -0.4 is 14.4 Å². The Morgan fingerprint density at radius 3 is 2.47 bits per heavy atom. The van der Waals surface area contributed by atoms with Gasteiger partial charge in [-0.3, -0.25) is 9.80 Å². The largest absolute Gasteiger partial charge is 0.495 e. The maximum absolute atomic E-state index is 13.7. The number of ether oxygens (including phenoxy) is 2. The fourth-order valence-corrected chi connectivity index (χ4v) is 4.75. The minimum Gasteiger partial charge on any atom is -0.495 e. The lowest BCUT2D eigenvalue weighted by atomic mass is 10.0. The summed E-state index contributed by atoms with van der Waals surface area (Å²) in [5.74, 6) is 0.976. The number of piperazine rings is 1.